The van der Waals surface area contributed by atoms with Crippen LogP contribution in [0.5, 0.6) is 0 Å². The Bertz CT molecular complexity index is 726. The van der Waals surface area contributed by atoms with E-state index in [2.05, 4.69) is 22.5 Å². The van der Waals surface area contributed by atoms with Crippen LogP contribution in [0.25, 0.3) is 0 Å². The van der Waals surface area contributed by atoms with E-state index in [1.807, 2.05) is 34.0 Å². The number of hydrogen-bond donors (Lipinski definition) is 1. The molecule has 1 aliphatic heterocycles. The number of benzene rings is 1. The van der Waals surface area contributed by atoms with Crippen LogP contribution in [0, 0.1) is 0 Å². The van der Waals surface area contributed by atoms with Gasteiger partial charge in [0.15, 0.2) is 0 Å². The monoisotopic (exact) mass is 354 g/mol. The van der Waals surface area contributed by atoms with Crippen molar-refractivity contribution in [2.45, 2.75) is 45.2 Å². The van der Waals surface area contributed by atoms with Crippen LogP contribution < -0.4 is 5.32 Å². The smallest absolute Gasteiger partial charge is 0.222 e. The molecule has 0 spiro atoms. The van der Waals surface area contributed by atoms with Crippen molar-refractivity contribution in [2.75, 3.05) is 13.1 Å². The van der Waals surface area contributed by atoms with E-state index in [4.69, 9.17) is 0 Å². The number of rotatable bonds is 8. The molecule has 26 heavy (non-hydrogen) atoms. The van der Waals surface area contributed by atoms with Crippen molar-refractivity contribution in [2.24, 2.45) is 0 Å². The van der Waals surface area contributed by atoms with Gasteiger partial charge in [0.1, 0.15) is 0 Å². The fraction of sp³-hybridized carbons (Fsp3) is 0.450. The number of aromatic nitrogens is 2. The molecule has 1 fully saturated rings. The Hall–Kier alpha value is -2.63. The normalized spacial score (nSPS) is 14.5. The number of hydrogen-bond acceptors (Lipinski definition) is 3. The Morgan fingerprint density at radius 3 is 2.81 bits per heavy atom. The summed E-state index contributed by atoms with van der Waals surface area (Å²) in [5.74, 6) is 0.243. The molecule has 1 N–H and O–H groups in total. The molecule has 0 atom stereocenters. The number of piperidine rings is 1. The van der Waals surface area contributed by atoms with Crippen LogP contribution in [0.4, 0.5) is 0 Å². The van der Waals surface area contributed by atoms with Gasteiger partial charge in [-0.15, -0.1) is 0 Å². The largest absolute Gasteiger partial charge is 0.352 e. The standard InChI is InChI=1S/C20H26N4O2/c25-19(9-6-12-23-11-5-4-10-20(23)26)21-13-18-14-22-24(16-18)15-17-7-2-1-3-8-17/h1-3,7-8,14,16H,4-6,9-13,15H2,(H,21,25). The fourth-order valence-corrected chi connectivity index (χ4v) is 3.17. The molecule has 0 radical (unpaired) electrons. The van der Waals surface area contributed by atoms with Crippen molar-refractivity contribution >= 4 is 11.8 Å². The molecular weight excluding hydrogens is 328 g/mol. The van der Waals surface area contributed by atoms with Gasteiger partial charge in [0.25, 0.3) is 0 Å². The molecule has 1 aromatic carbocycles. The predicted octanol–water partition coefficient (Wildman–Crippen LogP) is 2.34. The van der Waals surface area contributed by atoms with Gasteiger partial charge in [-0.05, 0) is 24.8 Å². The maximum absolute atomic E-state index is 12.0. The molecule has 0 unspecified atom stereocenters. The molecule has 6 nitrogen and oxygen atoms in total. The first-order valence-electron chi connectivity index (χ1n) is 9.30. The molecule has 0 saturated carbocycles. The first kappa shape index (κ1) is 18.2. The quantitative estimate of drug-likeness (QED) is 0.791. The molecule has 2 amide bonds. The fourth-order valence-electron chi connectivity index (χ4n) is 3.17. The van der Waals surface area contributed by atoms with Crippen LogP contribution in [0.3, 0.4) is 0 Å². The third-order valence-corrected chi connectivity index (χ3v) is 4.62. The van der Waals surface area contributed by atoms with Crippen molar-refractivity contribution in [3.05, 3.63) is 53.9 Å². The summed E-state index contributed by atoms with van der Waals surface area (Å²) in [6, 6.07) is 10.1. The molecule has 3 rings (SSSR count). The molecular formula is C20H26N4O2. The number of carbonyl (C=O) groups excluding carboxylic acids is 2. The second-order valence-corrected chi connectivity index (χ2v) is 6.75. The number of amides is 2. The first-order chi connectivity index (χ1) is 12.7. The van der Waals surface area contributed by atoms with Crippen LogP contribution in [-0.4, -0.2) is 39.6 Å². The highest BCUT2D eigenvalue weighted by atomic mass is 16.2. The second-order valence-electron chi connectivity index (χ2n) is 6.75. The average molecular weight is 354 g/mol. The highest BCUT2D eigenvalue weighted by Gasteiger charge is 2.17. The van der Waals surface area contributed by atoms with Gasteiger partial charge in [-0.1, -0.05) is 30.3 Å². The van der Waals surface area contributed by atoms with E-state index in [1.54, 1.807) is 6.20 Å². The molecule has 1 aliphatic rings. The van der Waals surface area contributed by atoms with Gasteiger partial charge >= 0.3 is 0 Å². The van der Waals surface area contributed by atoms with Crippen LogP contribution in [0.1, 0.15) is 43.2 Å². The van der Waals surface area contributed by atoms with Crippen molar-refractivity contribution in [3.63, 3.8) is 0 Å². The summed E-state index contributed by atoms with van der Waals surface area (Å²) in [6.45, 7) is 2.72. The Morgan fingerprint density at radius 1 is 1.15 bits per heavy atom. The zero-order valence-corrected chi connectivity index (χ0v) is 15.1. The lowest BCUT2D eigenvalue weighted by molar-refractivity contribution is -0.133. The van der Waals surface area contributed by atoms with Gasteiger partial charge in [-0.3, -0.25) is 14.3 Å². The minimum atomic E-state index is 0.0188. The Labute approximate surface area is 154 Å². The number of nitrogens with one attached hydrogen (secondary N) is 1. The number of nitrogens with zero attached hydrogens (tertiary/aromatic N) is 3. The minimum Gasteiger partial charge on any atom is -0.352 e. The van der Waals surface area contributed by atoms with Crippen molar-refractivity contribution in [1.82, 2.24) is 20.0 Å². The molecule has 0 aliphatic carbocycles. The third kappa shape index (κ3) is 5.44. The van der Waals surface area contributed by atoms with E-state index in [0.29, 0.717) is 32.4 Å². The summed E-state index contributed by atoms with van der Waals surface area (Å²) in [6.07, 6.45) is 7.62. The summed E-state index contributed by atoms with van der Waals surface area (Å²) in [5.41, 5.74) is 2.18. The van der Waals surface area contributed by atoms with E-state index in [1.165, 1.54) is 5.56 Å². The van der Waals surface area contributed by atoms with Gasteiger partial charge in [0.2, 0.25) is 11.8 Å². The average Bonchev–Trinajstić information content (AvgIpc) is 3.10. The summed E-state index contributed by atoms with van der Waals surface area (Å²) in [4.78, 5) is 25.6. The van der Waals surface area contributed by atoms with Crippen LogP contribution in [0.2, 0.25) is 0 Å². The van der Waals surface area contributed by atoms with E-state index >= 15 is 0 Å². The summed E-state index contributed by atoms with van der Waals surface area (Å²) >= 11 is 0. The minimum absolute atomic E-state index is 0.0188. The highest BCUT2D eigenvalue weighted by Crippen LogP contribution is 2.11. The maximum Gasteiger partial charge on any atom is 0.222 e. The van der Waals surface area contributed by atoms with Gasteiger partial charge in [-0.25, -0.2) is 0 Å². The topological polar surface area (TPSA) is 67.2 Å². The van der Waals surface area contributed by atoms with Gasteiger partial charge in [0, 0.05) is 44.2 Å². The summed E-state index contributed by atoms with van der Waals surface area (Å²) in [5, 5.41) is 7.27. The molecule has 1 aromatic heterocycles. The third-order valence-electron chi connectivity index (χ3n) is 4.62. The van der Waals surface area contributed by atoms with E-state index < -0.39 is 0 Å². The number of likely N-dealkylation sites (tertiary alicyclic amines) is 1. The molecule has 0 bridgehead atoms. The van der Waals surface area contributed by atoms with Crippen molar-refractivity contribution in [3.8, 4) is 0 Å². The SMILES string of the molecule is O=C(CCCN1CCCCC1=O)NCc1cnn(Cc2ccccc2)c1. The predicted molar refractivity (Wildman–Crippen MR) is 99.3 cm³/mol. The maximum atomic E-state index is 12.0. The van der Waals surface area contributed by atoms with Gasteiger partial charge < -0.3 is 10.2 Å². The molecule has 1 saturated heterocycles. The van der Waals surface area contributed by atoms with Crippen LogP contribution in [-0.2, 0) is 22.7 Å². The first-order valence-corrected chi connectivity index (χ1v) is 9.30. The zero-order chi connectivity index (χ0) is 18.2. The highest BCUT2D eigenvalue weighted by molar-refractivity contribution is 5.77. The van der Waals surface area contributed by atoms with Gasteiger partial charge in [0.05, 0.1) is 12.7 Å². The molecule has 6 heteroatoms. The lowest BCUT2D eigenvalue weighted by Crippen LogP contribution is -2.36. The summed E-state index contributed by atoms with van der Waals surface area (Å²) in [7, 11) is 0. The lowest BCUT2D eigenvalue weighted by atomic mass is 10.1. The zero-order valence-electron chi connectivity index (χ0n) is 15.1. The Morgan fingerprint density at radius 2 is 2.00 bits per heavy atom. The molecule has 138 valence electrons. The molecule has 2 aromatic rings. The van der Waals surface area contributed by atoms with Gasteiger partial charge in [-0.2, -0.15) is 5.10 Å². The second kappa shape index (κ2) is 9.17. The van der Waals surface area contributed by atoms with Crippen molar-refractivity contribution in [1.29, 1.82) is 0 Å². The Kier molecular flexibility index (Phi) is 6.41. The van der Waals surface area contributed by atoms with E-state index in [9.17, 15) is 9.59 Å². The number of carbonyl (C=O) groups is 2. The summed E-state index contributed by atoms with van der Waals surface area (Å²) < 4.78 is 1.87. The molecule has 2 heterocycles. The van der Waals surface area contributed by atoms with E-state index in [0.717, 1.165) is 31.5 Å². The van der Waals surface area contributed by atoms with E-state index in [-0.39, 0.29) is 11.8 Å². The van der Waals surface area contributed by atoms with Crippen molar-refractivity contribution < 1.29 is 9.59 Å². The van der Waals surface area contributed by atoms with Crippen LogP contribution in [0.15, 0.2) is 42.7 Å². The van der Waals surface area contributed by atoms with Crippen LogP contribution >= 0.6 is 0 Å². The lowest BCUT2D eigenvalue weighted by Gasteiger charge is -2.26. The Balaban J connectivity index is 1.36.